The summed E-state index contributed by atoms with van der Waals surface area (Å²) in [6.45, 7) is 3.01. The standard InChI is InChI=1S/C19H19N3O4/c23-19(9-8-15-4-1-2-7-18(15)22(24)25)20-16-5-3-6-17(14-16)21-10-12-26-13-11-21/h1-9,14H,10-13H2,(H,20,23)/b9-8+. The number of ether oxygens (including phenoxy) is 1. The third-order valence-corrected chi connectivity index (χ3v) is 4.04. The van der Waals surface area contributed by atoms with Crippen LogP contribution in [-0.2, 0) is 9.53 Å². The Kier molecular flexibility index (Phi) is 5.60. The van der Waals surface area contributed by atoms with Crippen molar-refractivity contribution in [2.45, 2.75) is 0 Å². The molecule has 0 aliphatic carbocycles. The largest absolute Gasteiger partial charge is 0.378 e. The molecule has 0 radical (unpaired) electrons. The van der Waals surface area contributed by atoms with Gasteiger partial charge in [-0.15, -0.1) is 0 Å². The first-order chi connectivity index (χ1) is 12.6. The number of para-hydroxylation sites is 1. The molecular formula is C19H19N3O4. The average molecular weight is 353 g/mol. The van der Waals surface area contributed by atoms with Crippen LogP contribution in [0, 0.1) is 10.1 Å². The zero-order valence-corrected chi connectivity index (χ0v) is 14.1. The van der Waals surface area contributed by atoms with Crippen molar-refractivity contribution >= 4 is 29.0 Å². The lowest BCUT2D eigenvalue weighted by Crippen LogP contribution is -2.36. The van der Waals surface area contributed by atoms with E-state index in [9.17, 15) is 14.9 Å². The monoisotopic (exact) mass is 353 g/mol. The van der Waals surface area contributed by atoms with Gasteiger partial charge in [-0.2, -0.15) is 0 Å². The van der Waals surface area contributed by atoms with Crippen molar-refractivity contribution in [2.75, 3.05) is 36.5 Å². The predicted octanol–water partition coefficient (Wildman–Crippen LogP) is 3.08. The SMILES string of the molecule is O=C(/C=C/c1ccccc1[N+](=O)[O-])Nc1cccc(N2CCOCC2)c1. The van der Waals surface area contributed by atoms with Gasteiger partial charge in [-0.1, -0.05) is 18.2 Å². The van der Waals surface area contributed by atoms with Crippen LogP contribution >= 0.6 is 0 Å². The number of nitrogens with zero attached hydrogens (tertiary/aromatic N) is 2. The molecular weight excluding hydrogens is 334 g/mol. The van der Waals surface area contributed by atoms with Crippen molar-refractivity contribution in [1.82, 2.24) is 0 Å². The summed E-state index contributed by atoms with van der Waals surface area (Å²) in [5.74, 6) is -0.345. The van der Waals surface area contributed by atoms with Gasteiger partial charge in [0.1, 0.15) is 0 Å². The van der Waals surface area contributed by atoms with Gasteiger partial charge >= 0.3 is 0 Å². The van der Waals surface area contributed by atoms with E-state index in [-0.39, 0.29) is 11.6 Å². The van der Waals surface area contributed by atoms with E-state index in [2.05, 4.69) is 10.2 Å². The molecule has 0 bridgehead atoms. The molecule has 26 heavy (non-hydrogen) atoms. The van der Waals surface area contributed by atoms with Crippen molar-refractivity contribution in [3.8, 4) is 0 Å². The quantitative estimate of drug-likeness (QED) is 0.507. The minimum atomic E-state index is -0.469. The Labute approximate surface area is 151 Å². The predicted molar refractivity (Wildman–Crippen MR) is 100 cm³/mol. The van der Waals surface area contributed by atoms with E-state index in [1.54, 1.807) is 24.3 Å². The first kappa shape index (κ1) is 17.6. The molecule has 2 aromatic carbocycles. The third kappa shape index (κ3) is 4.46. The molecule has 0 unspecified atom stereocenters. The topological polar surface area (TPSA) is 84.7 Å². The second-order valence-electron chi connectivity index (χ2n) is 5.79. The molecule has 1 N–H and O–H groups in total. The molecule has 2 aromatic rings. The van der Waals surface area contributed by atoms with Crippen LogP contribution in [0.4, 0.5) is 17.1 Å². The molecule has 134 valence electrons. The Morgan fingerprint density at radius 2 is 1.92 bits per heavy atom. The van der Waals surface area contributed by atoms with Gasteiger partial charge < -0.3 is 15.0 Å². The number of carbonyl (C=O) groups is 1. The van der Waals surface area contributed by atoms with Crippen LogP contribution in [0.25, 0.3) is 6.08 Å². The molecule has 7 heteroatoms. The fourth-order valence-electron chi connectivity index (χ4n) is 2.75. The number of carbonyl (C=O) groups excluding carboxylic acids is 1. The number of rotatable bonds is 5. The van der Waals surface area contributed by atoms with Gasteiger partial charge in [-0.25, -0.2) is 0 Å². The van der Waals surface area contributed by atoms with E-state index in [1.165, 1.54) is 18.2 Å². The second-order valence-corrected chi connectivity index (χ2v) is 5.79. The molecule has 1 saturated heterocycles. The molecule has 0 atom stereocenters. The second kappa shape index (κ2) is 8.26. The maximum absolute atomic E-state index is 12.2. The van der Waals surface area contributed by atoms with Crippen LogP contribution < -0.4 is 10.2 Å². The van der Waals surface area contributed by atoms with Crippen LogP contribution in [0.1, 0.15) is 5.56 Å². The lowest BCUT2D eigenvalue weighted by Gasteiger charge is -2.29. The minimum Gasteiger partial charge on any atom is -0.378 e. The van der Waals surface area contributed by atoms with Crippen molar-refractivity contribution in [3.05, 3.63) is 70.3 Å². The Bertz CT molecular complexity index is 829. The van der Waals surface area contributed by atoms with Gasteiger partial charge in [0, 0.05) is 36.6 Å². The first-order valence-electron chi connectivity index (χ1n) is 8.29. The molecule has 0 spiro atoms. The van der Waals surface area contributed by atoms with Gasteiger partial charge in [0.15, 0.2) is 0 Å². The minimum absolute atomic E-state index is 0.0362. The Balaban J connectivity index is 1.68. The number of morpholine rings is 1. The van der Waals surface area contributed by atoms with Crippen molar-refractivity contribution < 1.29 is 14.5 Å². The fraction of sp³-hybridized carbons (Fsp3) is 0.211. The number of amides is 1. The normalized spacial score (nSPS) is 14.4. The Morgan fingerprint density at radius 1 is 1.15 bits per heavy atom. The highest BCUT2D eigenvalue weighted by Crippen LogP contribution is 2.21. The summed E-state index contributed by atoms with van der Waals surface area (Å²) in [6.07, 6.45) is 2.74. The smallest absolute Gasteiger partial charge is 0.276 e. The highest BCUT2D eigenvalue weighted by molar-refractivity contribution is 6.02. The maximum Gasteiger partial charge on any atom is 0.276 e. The lowest BCUT2D eigenvalue weighted by atomic mass is 10.1. The highest BCUT2D eigenvalue weighted by Gasteiger charge is 2.12. The molecule has 1 aliphatic heterocycles. The van der Waals surface area contributed by atoms with Crippen LogP contribution in [0.15, 0.2) is 54.6 Å². The molecule has 1 heterocycles. The van der Waals surface area contributed by atoms with Crippen molar-refractivity contribution in [1.29, 1.82) is 0 Å². The number of benzene rings is 2. The van der Waals surface area contributed by atoms with Crippen molar-refractivity contribution in [2.24, 2.45) is 0 Å². The number of hydrogen-bond acceptors (Lipinski definition) is 5. The molecule has 0 aromatic heterocycles. The summed E-state index contributed by atoms with van der Waals surface area (Å²) >= 11 is 0. The van der Waals surface area contributed by atoms with E-state index in [0.29, 0.717) is 24.5 Å². The molecule has 3 rings (SSSR count). The van der Waals surface area contributed by atoms with Gasteiger partial charge in [-0.3, -0.25) is 14.9 Å². The molecule has 1 fully saturated rings. The molecule has 0 saturated carbocycles. The molecule has 7 nitrogen and oxygen atoms in total. The highest BCUT2D eigenvalue weighted by atomic mass is 16.6. The third-order valence-electron chi connectivity index (χ3n) is 4.04. The summed E-state index contributed by atoms with van der Waals surface area (Å²) in [5, 5.41) is 13.8. The summed E-state index contributed by atoms with van der Waals surface area (Å²) < 4.78 is 5.35. The number of hydrogen-bond donors (Lipinski definition) is 1. The van der Waals surface area contributed by atoms with Crippen LogP contribution in [0.5, 0.6) is 0 Å². The summed E-state index contributed by atoms with van der Waals surface area (Å²) in [7, 11) is 0. The van der Waals surface area contributed by atoms with E-state index < -0.39 is 4.92 Å². The Hall–Kier alpha value is -3.19. The number of nitro benzene ring substituents is 1. The average Bonchev–Trinajstić information content (AvgIpc) is 2.67. The van der Waals surface area contributed by atoms with Crippen LogP contribution in [0.2, 0.25) is 0 Å². The van der Waals surface area contributed by atoms with E-state index >= 15 is 0 Å². The molecule has 1 amide bonds. The zero-order valence-electron chi connectivity index (χ0n) is 14.1. The van der Waals surface area contributed by atoms with E-state index in [0.717, 1.165) is 18.8 Å². The summed E-state index contributed by atoms with van der Waals surface area (Å²) in [5.41, 5.74) is 2.04. The number of anilines is 2. The maximum atomic E-state index is 12.2. The van der Waals surface area contributed by atoms with Crippen LogP contribution in [-0.4, -0.2) is 37.1 Å². The molecule has 1 aliphatic rings. The number of nitrogens with one attached hydrogen (secondary N) is 1. The van der Waals surface area contributed by atoms with Gasteiger partial charge in [-0.05, 0) is 30.3 Å². The van der Waals surface area contributed by atoms with Crippen LogP contribution in [0.3, 0.4) is 0 Å². The van der Waals surface area contributed by atoms with E-state index in [4.69, 9.17) is 4.74 Å². The lowest BCUT2D eigenvalue weighted by molar-refractivity contribution is -0.385. The van der Waals surface area contributed by atoms with Gasteiger partial charge in [0.2, 0.25) is 5.91 Å². The zero-order chi connectivity index (χ0) is 18.4. The van der Waals surface area contributed by atoms with Gasteiger partial charge in [0.05, 0.1) is 23.7 Å². The fourth-order valence-corrected chi connectivity index (χ4v) is 2.75. The summed E-state index contributed by atoms with van der Waals surface area (Å²) in [4.78, 5) is 24.9. The Morgan fingerprint density at radius 3 is 2.69 bits per heavy atom. The first-order valence-corrected chi connectivity index (χ1v) is 8.29. The van der Waals surface area contributed by atoms with Gasteiger partial charge in [0.25, 0.3) is 5.69 Å². The van der Waals surface area contributed by atoms with E-state index in [1.807, 2.05) is 18.2 Å². The summed E-state index contributed by atoms with van der Waals surface area (Å²) in [6, 6.07) is 13.9. The number of nitro groups is 1. The van der Waals surface area contributed by atoms with Crippen molar-refractivity contribution in [3.63, 3.8) is 0 Å².